The number of piperazine rings is 1. The predicted molar refractivity (Wildman–Crippen MR) is 98.5 cm³/mol. The van der Waals surface area contributed by atoms with E-state index in [0.717, 1.165) is 23.6 Å². The van der Waals surface area contributed by atoms with E-state index in [-0.39, 0.29) is 5.12 Å². The molecular formula is C17H16N2O6S2. The Labute approximate surface area is 163 Å². The molecule has 142 valence electrons. The summed E-state index contributed by atoms with van der Waals surface area (Å²) in [6.45, 7) is 3.71. The fourth-order valence-electron chi connectivity index (χ4n) is 3.07. The number of hydrogen-bond donors (Lipinski definition) is 1. The number of carbonyl (C=O) groups is 5. The maximum absolute atomic E-state index is 13.3. The first kappa shape index (κ1) is 19.4. The molecule has 2 heterocycles. The number of benzene rings is 1. The third-order valence-electron chi connectivity index (χ3n) is 4.05. The van der Waals surface area contributed by atoms with Crippen LogP contribution in [0.25, 0.3) is 0 Å². The molecule has 8 nitrogen and oxygen atoms in total. The fourth-order valence-corrected chi connectivity index (χ4v) is 4.93. The summed E-state index contributed by atoms with van der Waals surface area (Å²) >= 11 is 1.40. The van der Waals surface area contributed by atoms with E-state index >= 15 is 0 Å². The first-order valence-electron chi connectivity index (χ1n) is 7.96. The van der Waals surface area contributed by atoms with Gasteiger partial charge in [-0.25, -0.2) is 0 Å². The van der Waals surface area contributed by atoms with Gasteiger partial charge < -0.3 is 10.1 Å². The van der Waals surface area contributed by atoms with Crippen molar-refractivity contribution >= 4 is 51.5 Å². The van der Waals surface area contributed by atoms with Crippen molar-refractivity contribution in [2.45, 2.75) is 37.1 Å². The molecule has 2 aliphatic rings. The van der Waals surface area contributed by atoms with Gasteiger partial charge in [0.05, 0.1) is 0 Å². The first-order chi connectivity index (χ1) is 12.7. The summed E-state index contributed by atoms with van der Waals surface area (Å²) in [5.41, 5.74) is -1.37. The van der Waals surface area contributed by atoms with Gasteiger partial charge in [-0.05, 0) is 6.07 Å². The lowest BCUT2D eigenvalue weighted by atomic mass is 10.0. The molecule has 3 atom stereocenters. The summed E-state index contributed by atoms with van der Waals surface area (Å²) in [5, 5.41) is -0.362. The fraction of sp³-hybridized carbons (Fsp3) is 0.353. The average molecular weight is 408 g/mol. The molecule has 0 bridgehead atoms. The molecular weight excluding hydrogens is 392 g/mol. The van der Waals surface area contributed by atoms with Crippen LogP contribution in [0, 0.1) is 0 Å². The number of amides is 3. The molecule has 1 saturated heterocycles. The molecule has 0 aromatic heterocycles. The van der Waals surface area contributed by atoms with Crippen molar-refractivity contribution in [3.05, 3.63) is 29.8 Å². The zero-order valence-corrected chi connectivity index (χ0v) is 16.3. The van der Waals surface area contributed by atoms with Crippen molar-refractivity contribution in [1.29, 1.82) is 0 Å². The number of nitrogens with zero attached hydrogens (tertiary/aromatic N) is 1. The lowest BCUT2D eigenvalue weighted by Crippen LogP contribution is -2.73. The van der Waals surface area contributed by atoms with Gasteiger partial charge in [0.2, 0.25) is 5.91 Å². The Morgan fingerprint density at radius 1 is 1.07 bits per heavy atom. The van der Waals surface area contributed by atoms with Crippen LogP contribution in [0.15, 0.2) is 24.3 Å². The number of imide groups is 1. The molecule has 1 N–H and O–H groups in total. The Morgan fingerprint density at radius 2 is 1.70 bits per heavy atom. The number of fused-ring (bicyclic) bond motifs is 1. The number of ether oxygens (including phenoxy) is 1. The van der Waals surface area contributed by atoms with Gasteiger partial charge in [-0.3, -0.25) is 28.9 Å². The first-order valence-corrected chi connectivity index (χ1v) is 9.72. The Balaban J connectivity index is 2.10. The van der Waals surface area contributed by atoms with Crippen LogP contribution in [0.3, 0.4) is 0 Å². The van der Waals surface area contributed by atoms with Crippen LogP contribution in [0.5, 0.6) is 5.75 Å². The second-order valence-electron chi connectivity index (χ2n) is 6.01. The van der Waals surface area contributed by atoms with Crippen molar-refractivity contribution in [2.24, 2.45) is 0 Å². The van der Waals surface area contributed by atoms with Crippen LogP contribution < -0.4 is 10.1 Å². The number of para-hydroxylation sites is 1. The molecule has 27 heavy (non-hydrogen) atoms. The molecule has 1 spiro atoms. The molecule has 3 rings (SSSR count). The Morgan fingerprint density at radius 3 is 2.30 bits per heavy atom. The van der Waals surface area contributed by atoms with E-state index in [4.69, 9.17) is 4.74 Å². The molecule has 2 aliphatic heterocycles. The number of carbonyl (C=O) groups excluding carboxylic acids is 5. The Bertz CT molecular complexity index is 873. The Kier molecular flexibility index (Phi) is 5.04. The minimum Gasteiger partial charge on any atom is -0.457 e. The Hall–Kier alpha value is -2.33. The molecule has 0 unspecified atom stereocenters. The van der Waals surface area contributed by atoms with Gasteiger partial charge in [0.25, 0.3) is 17.5 Å². The second kappa shape index (κ2) is 7.01. The average Bonchev–Trinajstić information content (AvgIpc) is 2.86. The topological polar surface area (TPSA) is 110 Å². The molecule has 1 aromatic carbocycles. The molecule has 3 amide bonds. The lowest BCUT2D eigenvalue weighted by Gasteiger charge is -2.43. The molecule has 1 aromatic rings. The zero-order valence-electron chi connectivity index (χ0n) is 14.7. The molecule has 0 radical (unpaired) electrons. The third-order valence-corrected chi connectivity index (χ3v) is 6.18. The summed E-state index contributed by atoms with van der Waals surface area (Å²) < 4.78 is 5.82. The van der Waals surface area contributed by atoms with Crippen molar-refractivity contribution in [3.8, 4) is 5.75 Å². The predicted octanol–water partition coefficient (Wildman–Crippen LogP) is 1.21. The number of thioether (sulfide) groups is 2. The minimum absolute atomic E-state index is 0.281. The highest BCUT2D eigenvalue weighted by Crippen LogP contribution is 2.52. The van der Waals surface area contributed by atoms with E-state index in [2.05, 4.69) is 5.32 Å². The van der Waals surface area contributed by atoms with Gasteiger partial charge in [0.1, 0.15) is 11.0 Å². The van der Waals surface area contributed by atoms with Crippen LogP contribution in [-0.2, 0) is 24.0 Å². The summed E-state index contributed by atoms with van der Waals surface area (Å²) in [6.07, 6.45) is 0. The molecule has 0 aliphatic carbocycles. The number of rotatable bonds is 2. The lowest BCUT2D eigenvalue weighted by molar-refractivity contribution is -0.168. The molecule has 10 heteroatoms. The van der Waals surface area contributed by atoms with Crippen LogP contribution in [0.2, 0.25) is 0 Å². The standard InChI is InChI=1S/C17H16N2O6S2/c1-8(20)19-15(27-10(3)22)14(23)18-17(16(19)24)13(26-9(2)21)11-6-4-5-7-12(11)25-17/h4-7,13,15H,1-3H3,(H,18,23)/t13-,15+,17+/m0/s1. The summed E-state index contributed by atoms with van der Waals surface area (Å²) in [5.74, 6) is -1.89. The van der Waals surface area contributed by atoms with Gasteiger partial charge in [0, 0.05) is 26.3 Å². The van der Waals surface area contributed by atoms with E-state index < -0.39 is 39.2 Å². The van der Waals surface area contributed by atoms with Gasteiger partial charge >= 0.3 is 0 Å². The highest BCUT2D eigenvalue weighted by Gasteiger charge is 2.63. The highest BCUT2D eigenvalue weighted by atomic mass is 32.2. The van der Waals surface area contributed by atoms with Crippen LogP contribution in [0.4, 0.5) is 0 Å². The summed E-state index contributed by atoms with van der Waals surface area (Å²) in [7, 11) is 0. The quantitative estimate of drug-likeness (QED) is 0.778. The van der Waals surface area contributed by atoms with Crippen molar-refractivity contribution in [1.82, 2.24) is 10.2 Å². The smallest absolute Gasteiger partial charge is 0.298 e. The SMILES string of the molecule is CC(=O)S[C@@H]1C(=O)N[C@]2(Oc3ccccc3[C@@H]2SC(C)=O)C(=O)N1C(C)=O. The van der Waals surface area contributed by atoms with E-state index in [1.807, 2.05) is 0 Å². The number of nitrogens with one attached hydrogen (secondary N) is 1. The maximum Gasteiger partial charge on any atom is 0.298 e. The molecule has 1 fully saturated rings. The normalized spacial score (nSPS) is 26.4. The van der Waals surface area contributed by atoms with Gasteiger partial charge in [-0.15, -0.1) is 0 Å². The second-order valence-corrected chi connectivity index (χ2v) is 8.55. The number of hydrogen-bond acceptors (Lipinski definition) is 8. The van der Waals surface area contributed by atoms with Gasteiger partial charge in [0.15, 0.2) is 15.6 Å². The van der Waals surface area contributed by atoms with Crippen molar-refractivity contribution in [3.63, 3.8) is 0 Å². The maximum atomic E-state index is 13.3. The van der Waals surface area contributed by atoms with Crippen molar-refractivity contribution < 1.29 is 28.7 Å². The molecule has 0 saturated carbocycles. The monoisotopic (exact) mass is 408 g/mol. The van der Waals surface area contributed by atoms with E-state index in [9.17, 15) is 24.0 Å². The highest BCUT2D eigenvalue weighted by molar-refractivity contribution is 8.14. The van der Waals surface area contributed by atoms with Gasteiger partial charge in [-0.2, -0.15) is 0 Å². The van der Waals surface area contributed by atoms with Crippen LogP contribution in [0.1, 0.15) is 31.6 Å². The largest absolute Gasteiger partial charge is 0.457 e. The van der Waals surface area contributed by atoms with E-state index in [1.54, 1.807) is 24.3 Å². The van der Waals surface area contributed by atoms with E-state index in [1.165, 1.54) is 13.8 Å². The van der Waals surface area contributed by atoms with Gasteiger partial charge in [-0.1, -0.05) is 41.7 Å². The van der Waals surface area contributed by atoms with Crippen molar-refractivity contribution in [2.75, 3.05) is 0 Å². The minimum atomic E-state index is -1.93. The third kappa shape index (κ3) is 3.23. The van der Waals surface area contributed by atoms with Crippen LogP contribution in [-0.4, -0.2) is 44.0 Å². The van der Waals surface area contributed by atoms with Crippen LogP contribution >= 0.6 is 23.5 Å². The van der Waals surface area contributed by atoms with E-state index in [0.29, 0.717) is 23.1 Å². The summed E-state index contributed by atoms with van der Waals surface area (Å²) in [4.78, 5) is 62.2. The zero-order chi connectivity index (χ0) is 19.9. The summed E-state index contributed by atoms with van der Waals surface area (Å²) in [6, 6.07) is 6.73.